The molecule has 0 aromatic heterocycles. The molecule has 0 saturated carbocycles. The summed E-state index contributed by atoms with van der Waals surface area (Å²) in [5.74, 6) is 0. The first-order valence-electron chi connectivity index (χ1n) is 7.70. The van der Waals surface area contributed by atoms with Gasteiger partial charge in [0.2, 0.25) is 0 Å². The predicted octanol–water partition coefficient (Wildman–Crippen LogP) is -0.102. The van der Waals surface area contributed by atoms with Crippen LogP contribution in [0.3, 0.4) is 0 Å². The van der Waals surface area contributed by atoms with E-state index < -0.39 is 0 Å². The average molecular weight is 375 g/mol. The van der Waals surface area contributed by atoms with Crippen LogP contribution in [0, 0.1) is 0 Å². The maximum absolute atomic E-state index is 10.1. The fourth-order valence-corrected chi connectivity index (χ4v) is 1.54. The van der Waals surface area contributed by atoms with E-state index in [1.807, 2.05) is 0 Å². The molecule has 0 fully saturated rings. The fourth-order valence-electron chi connectivity index (χ4n) is 1.54. The van der Waals surface area contributed by atoms with Gasteiger partial charge in [-0.25, -0.2) is 0 Å². The van der Waals surface area contributed by atoms with Crippen molar-refractivity contribution in [2.45, 2.75) is 14.9 Å². The molecule has 0 saturated heterocycles. The van der Waals surface area contributed by atoms with Crippen LogP contribution in [0.15, 0.2) is 24.3 Å². The zero-order valence-electron chi connectivity index (χ0n) is 14.9. The molecular formula is C18H42N6O2. The third kappa shape index (κ3) is 22.3. The molecule has 1 aromatic carbocycles. The molecule has 8 heteroatoms. The first kappa shape index (κ1) is 35.4. The van der Waals surface area contributed by atoms with Crippen LogP contribution in [0.25, 0.3) is 0 Å². The van der Waals surface area contributed by atoms with Crippen molar-refractivity contribution in [2.24, 2.45) is 28.7 Å². The van der Waals surface area contributed by atoms with Crippen molar-refractivity contribution >= 4 is 12.6 Å². The van der Waals surface area contributed by atoms with Gasteiger partial charge in [0.05, 0.1) is 0 Å². The van der Waals surface area contributed by atoms with Gasteiger partial charge in [0, 0.05) is 50.4 Å². The van der Waals surface area contributed by atoms with E-state index in [4.69, 9.17) is 17.2 Å². The highest BCUT2D eigenvalue weighted by molar-refractivity contribution is 5.79. The zero-order valence-corrected chi connectivity index (χ0v) is 14.9. The standard InChI is InChI=1S/C8H6O2.C6H18N4.2CH5N.2CH4/c9-5-7-1-2-8(6-10)4-3-7;7-1-4-10(5-2-8)6-3-9;2*1-2;;/h1-6H;1-9H2;2*2H2,1H3;2*1H4. The van der Waals surface area contributed by atoms with E-state index in [2.05, 4.69) is 16.4 Å². The summed E-state index contributed by atoms with van der Waals surface area (Å²) in [6, 6.07) is 6.43. The molecule has 26 heavy (non-hydrogen) atoms. The minimum atomic E-state index is 0. The van der Waals surface area contributed by atoms with E-state index in [1.165, 1.54) is 14.1 Å². The monoisotopic (exact) mass is 374 g/mol. The number of hydrogen-bond acceptors (Lipinski definition) is 8. The van der Waals surface area contributed by atoms with Crippen molar-refractivity contribution in [3.63, 3.8) is 0 Å². The quantitative estimate of drug-likeness (QED) is 0.393. The van der Waals surface area contributed by atoms with Gasteiger partial charge in [-0.1, -0.05) is 39.1 Å². The highest BCUT2D eigenvalue weighted by Gasteiger charge is 1.98. The van der Waals surface area contributed by atoms with Gasteiger partial charge in [0.15, 0.2) is 0 Å². The minimum Gasteiger partial charge on any atom is -0.333 e. The first-order chi connectivity index (χ1) is 11.7. The molecule has 0 aliphatic rings. The molecule has 1 aromatic rings. The van der Waals surface area contributed by atoms with Crippen molar-refractivity contribution in [1.29, 1.82) is 0 Å². The molecule has 0 radical (unpaired) electrons. The third-order valence-corrected chi connectivity index (χ3v) is 2.54. The fraction of sp³-hybridized carbons (Fsp3) is 0.556. The summed E-state index contributed by atoms with van der Waals surface area (Å²) in [7, 11) is 3.00. The lowest BCUT2D eigenvalue weighted by Crippen LogP contribution is -2.37. The van der Waals surface area contributed by atoms with Gasteiger partial charge >= 0.3 is 0 Å². The zero-order chi connectivity index (χ0) is 19.2. The number of carbonyl (C=O) groups is 2. The molecular weight excluding hydrogens is 332 g/mol. The molecule has 0 heterocycles. The molecule has 0 spiro atoms. The summed E-state index contributed by atoms with van der Waals surface area (Å²) in [5.41, 5.74) is 26.3. The average Bonchev–Trinajstić information content (AvgIpc) is 2.66. The predicted molar refractivity (Wildman–Crippen MR) is 115 cm³/mol. The Labute approximate surface area is 160 Å². The van der Waals surface area contributed by atoms with E-state index in [0.29, 0.717) is 30.8 Å². The number of aldehydes is 2. The number of rotatable bonds is 8. The Kier molecular flexibility index (Phi) is 42.4. The summed E-state index contributed by atoms with van der Waals surface area (Å²) in [6.07, 6.45) is 1.49. The van der Waals surface area contributed by atoms with E-state index in [-0.39, 0.29) is 14.9 Å². The van der Waals surface area contributed by atoms with Crippen molar-refractivity contribution in [3.8, 4) is 0 Å². The van der Waals surface area contributed by atoms with Crippen LogP contribution in [0.1, 0.15) is 35.6 Å². The lowest BCUT2D eigenvalue weighted by atomic mass is 10.2. The van der Waals surface area contributed by atoms with Crippen LogP contribution in [-0.4, -0.2) is 70.8 Å². The maximum Gasteiger partial charge on any atom is 0.150 e. The van der Waals surface area contributed by atoms with Crippen molar-refractivity contribution in [3.05, 3.63) is 35.4 Å². The van der Waals surface area contributed by atoms with Gasteiger partial charge in [-0.3, -0.25) is 14.5 Å². The maximum atomic E-state index is 10.1. The van der Waals surface area contributed by atoms with Crippen LogP contribution >= 0.6 is 0 Å². The van der Waals surface area contributed by atoms with E-state index in [1.54, 1.807) is 24.3 Å². The van der Waals surface area contributed by atoms with Crippen LogP contribution in [0.4, 0.5) is 0 Å². The molecule has 0 aliphatic heterocycles. The van der Waals surface area contributed by atoms with E-state index in [0.717, 1.165) is 32.2 Å². The molecule has 0 unspecified atom stereocenters. The summed E-state index contributed by atoms with van der Waals surface area (Å²) < 4.78 is 0. The molecule has 10 N–H and O–H groups in total. The molecule has 0 aliphatic carbocycles. The molecule has 1 rings (SSSR count). The Morgan fingerprint density at radius 2 is 0.923 bits per heavy atom. The third-order valence-electron chi connectivity index (χ3n) is 2.54. The number of nitrogens with zero attached hydrogens (tertiary/aromatic N) is 1. The largest absolute Gasteiger partial charge is 0.333 e. The summed E-state index contributed by atoms with van der Waals surface area (Å²) in [6.45, 7) is 4.73. The van der Waals surface area contributed by atoms with Gasteiger partial charge in [0.25, 0.3) is 0 Å². The Morgan fingerprint density at radius 3 is 1.08 bits per heavy atom. The highest BCUT2D eigenvalue weighted by Crippen LogP contribution is 1.98. The number of nitrogens with two attached hydrogens (primary N) is 5. The molecule has 156 valence electrons. The Morgan fingerprint density at radius 1 is 0.692 bits per heavy atom. The number of benzene rings is 1. The van der Waals surface area contributed by atoms with Crippen LogP contribution in [0.2, 0.25) is 0 Å². The normalized spacial score (nSPS) is 8.00. The second kappa shape index (κ2) is 31.1. The van der Waals surface area contributed by atoms with Crippen molar-refractivity contribution < 1.29 is 9.59 Å². The summed E-state index contributed by atoms with van der Waals surface area (Å²) in [4.78, 5) is 22.4. The van der Waals surface area contributed by atoms with Gasteiger partial charge < -0.3 is 28.7 Å². The second-order valence-corrected chi connectivity index (χ2v) is 4.11. The Balaban J connectivity index is -0.0000000890. The summed E-state index contributed by atoms with van der Waals surface area (Å²) in [5, 5.41) is 0. The SMILES string of the molecule is C.C.CN.CN.NCCN(CCN)CCN.O=Cc1ccc(C=O)cc1. The second-order valence-electron chi connectivity index (χ2n) is 4.11. The van der Waals surface area contributed by atoms with Gasteiger partial charge in [0.1, 0.15) is 12.6 Å². The topological polar surface area (TPSA) is 167 Å². The lowest BCUT2D eigenvalue weighted by molar-refractivity contribution is 0.111. The smallest absolute Gasteiger partial charge is 0.150 e. The molecule has 0 bridgehead atoms. The van der Waals surface area contributed by atoms with E-state index >= 15 is 0 Å². The van der Waals surface area contributed by atoms with Crippen LogP contribution in [0.5, 0.6) is 0 Å². The Hall–Kier alpha value is -1.68. The minimum absolute atomic E-state index is 0. The molecule has 0 atom stereocenters. The van der Waals surface area contributed by atoms with E-state index in [9.17, 15) is 9.59 Å². The molecule has 0 amide bonds. The van der Waals surface area contributed by atoms with Crippen molar-refractivity contribution in [1.82, 2.24) is 4.90 Å². The number of carbonyl (C=O) groups excluding carboxylic acids is 2. The molecule has 8 nitrogen and oxygen atoms in total. The summed E-state index contributed by atoms with van der Waals surface area (Å²) >= 11 is 0. The van der Waals surface area contributed by atoms with Crippen molar-refractivity contribution in [2.75, 3.05) is 53.4 Å². The van der Waals surface area contributed by atoms with Gasteiger partial charge in [-0.2, -0.15) is 0 Å². The highest BCUT2D eigenvalue weighted by atomic mass is 16.1. The number of hydrogen-bond donors (Lipinski definition) is 5. The van der Waals surface area contributed by atoms with Crippen LogP contribution in [-0.2, 0) is 0 Å². The van der Waals surface area contributed by atoms with Gasteiger partial charge in [-0.15, -0.1) is 0 Å². The van der Waals surface area contributed by atoms with Crippen LogP contribution < -0.4 is 28.7 Å². The first-order valence-corrected chi connectivity index (χ1v) is 7.70. The van der Waals surface area contributed by atoms with Gasteiger partial charge in [-0.05, 0) is 14.1 Å². The lowest BCUT2D eigenvalue weighted by Gasteiger charge is -2.18. The Bertz CT molecular complexity index is 333.